The fourth-order valence-corrected chi connectivity index (χ4v) is 3.16. The molecule has 0 radical (unpaired) electrons. The van der Waals surface area contributed by atoms with E-state index in [4.69, 9.17) is 14.2 Å². The van der Waals surface area contributed by atoms with E-state index in [1.807, 2.05) is 42.5 Å². The predicted molar refractivity (Wildman–Crippen MR) is 129 cm³/mol. The highest BCUT2D eigenvalue weighted by atomic mass is 79.9. The summed E-state index contributed by atoms with van der Waals surface area (Å²) in [6.45, 7) is 4.36. The second-order valence-electron chi connectivity index (χ2n) is 6.62. The zero-order valence-corrected chi connectivity index (χ0v) is 19.2. The van der Waals surface area contributed by atoms with Crippen molar-refractivity contribution in [2.45, 2.75) is 6.61 Å². The van der Waals surface area contributed by atoms with Crippen molar-refractivity contribution in [3.63, 3.8) is 0 Å². The number of ether oxygens (including phenoxy) is 3. The number of hydrazone groups is 1. The minimum atomic E-state index is -0.386. The number of carbonyl (C=O) groups excluding carboxylic acids is 1. The normalized spacial score (nSPS) is 10.6. The summed E-state index contributed by atoms with van der Waals surface area (Å²) in [6, 6.07) is 20.4. The molecular formula is C25H23BrN2O4. The molecule has 0 atom stereocenters. The van der Waals surface area contributed by atoms with Crippen LogP contribution in [0.25, 0.3) is 0 Å². The number of halogens is 1. The number of hydrogen-bond donors (Lipinski definition) is 1. The number of nitrogens with one attached hydrogen (secondary N) is 1. The van der Waals surface area contributed by atoms with Crippen molar-refractivity contribution in [1.29, 1.82) is 0 Å². The third kappa shape index (κ3) is 6.46. The third-order valence-electron chi connectivity index (χ3n) is 4.35. The zero-order chi connectivity index (χ0) is 22.8. The average Bonchev–Trinajstić information content (AvgIpc) is 2.82. The van der Waals surface area contributed by atoms with Crippen LogP contribution in [0.15, 0.2) is 89.0 Å². The summed E-state index contributed by atoms with van der Waals surface area (Å²) in [4.78, 5) is 12.7. The van der Waals surface area contributed by atoms with Crippen molar-refractivity contribution >= 4 is 28.1 Å². The molecule has 3 rings (SSSR count). The molecule has 0 aliphatic carbocycles. The van der Waals surface area contributed by atoms with Crippen LogP contribution in [0.3, 0.4) is 0 Å². The highest BCUT2D eigenvalue weighted by Gasteiger charge is 2.13. The van der Waals surface area contributed by atoms with Gasteiger partial charge in [0.25, 0.3) is 5.91 Å². The Labute approximate surface area is 195 Å². The van der Waals surface area contributed by atoms with E-state index in [-0.39, 0.29) is 5.91 Å². The van der Waals surface area contributed by atoms with Gasteiger partial charge in [-0.05, 0) is 47.5 Å². The summed E-state index contributed by atoms with van der Waals surface area (Å²) in [5.74, 6) is 1.24. The first-order valence-electron chi connectivity index (χ1n) is 9.82. The minimum absolute atomic E-state index is 0.353. The number of benzene rings is 3. The topological polar surface area (TPSA) is 69.2 Å². The number of methoxy groups -OCH3 is 1. The molecule has 0 heterocycles. The largest absolute Gasteiger partial charge is 0.493 e. The lowest BCUT2D eigenvalue weighted by Gasteiger charge is -2.11. The monoisotopic (exact) mass is 494 g/mol. The number of nitrogens with zero attached hydrogens (tertiary/aromatic N) is 1. The van der Waals surface area contributed by atoms with Crippen molar-refractivity contribution in [2.75, 3.05) is 13.7 Å². The Morgan fingerprint density at radius 1 is 1.03 bits per heavy atom. The number of carbonyl (C=O) groups is 1. The molecule has 7 heteroatoms. The first-order chi connectivity index (χ1) is 15.6. The summed E-state index contributed by atoms with van der Waals surface area (Å²) in [7, 11) is 1.56. The van der Waals surface area contributed by atoms with Gasteiger partial charge in [0.15, 0.2) is 11.5 Å². The quantitative estimate of drug-likeness (QED) is 0.234. The molecule has 164 valence electrons. The molecule has 0 aromatic heterocycles. The van der Waals surface area contributed by atoms with Crippen LogP contribution in [0.2, 0.25) is 0 Å². The Bertz CT molecular complexity index is 1100. The van der Waals surface area contributed by atoms with E-state index >= 15 is 0 Å². The summed E-state index contributed by atoms with van der Waals surface area (Å²) in [5, 5.41) is 4.07. The Kier molecular flexibility index (Phi) is 8.45. The van der Waals surface area contributed by atoms with Crippen LogP contribution < -0.4 is 19.6 Å². The first-order valence-corrected chi connectivity index (χ1v) is 10.6. The van der Waals surface area contributed by atoms with Gasteiger partial charge in [-0.2, -0.15) is 5.10 Å². The lowest BCUT2D eigenvalue weighted by atomic mass is 10.2. The maximum atomic E-state index is 12.7. The first kappa shape index (κ1) is 23.1. The fourth-order valence-electron chi connectivity index (χ4n) is 2.80. The highest BCUT2D eigenvalue weighted by Crippen LogP contribution is 2.27. The molecule has 32 heavy (non-hydrogen) atoms. The molecule has 1 amide bonds. The van der Waals surface area contributed by atoms with Crippen LogP contribution in [-0.4, -0.2) is 25.8 Å². The molecule has 6 nitrogen and oxygen atoms in total. The van der Waals surface area contributed by atoms with Crippen molar-refractivity contribution in [2.24, 2.45) is 5.10 Å². The minimum Gasteiger partial charge on any atom is -0.493 e. The maximum Gasteiger partial charge on any atom is 0.275 e. The predicted octanol–water partition coefficient (Wildman–Crippen LogP) is 5.37. The van der Waals surface area contributed by atoms with E-state index in [2.05, 4.69) is 33.0 Å². The summed E-state index contributed by atoms with van der Waals surface area (Å²) in [6.07, 6.45) is 3.18. The molecule has 0 spiro atoms. The summed E-state index contributed by atoms with van der Waals surface area (Å²) >= 11 is 3.40. The maximum absolute atomic E-state index is 12.7. The second-order valence-corrected chi connectivity index (χ2v) is 7.54. The van der Waals surface area contributed by atoms with Crippen molar-refractivity contribution in [1.82, 2.24) is 5.43 Å². The van der Waals surface area contributed by atoms with Gasteiger partial charge in [0, 0.05) is 4.47 Å². The molecule has 0 unspecified atom stereocenters. The van der Waals surface area contributed by atoms with E-state index in [0.29, 0.717) is 36.0 Å². The molecule has 3 aromatic rings. The van der Waals surface area contributed by atoms with Gasteiger partial charge in [0.2, 0.25) is 0 Å². The van der Waals surface area contributed by atoms with Crippen molar-refractivity contribution < 1.29 is 19.0 Å². The number of amides is 1. The zero-order valence-electron chi connectivity index (χ0n) is 17.6. The van der Waals surface area contributed by atoms with Gasteiger partial charge in [-0.15, -0.1) is 0 Å². The number of hydrogen-bond acceptors (Lipinski definition) is 5. The van der Waals surface area contributed by atoms with Gasteiger partial charge >= 0.3 is 0 Å². The van der Waals surface area contributed by atoms with Crippen LogP contribution in [0.5, 0.6) is 17.2 Å². The fraction of sp³-hybridized carbons (Fsp3) is 0.120. The molecule has 3 aromatic carbocycles. The van der Waals surface area contributed by atoms with Crippen LogP contribution in [-0.2, 0) is 6.61 Å². The molecule has 0 aliphatic heterocycles. The summed E-state index contributed by atoms with van der Waals surface area (Å²) < 4.78 is 17.5. The average molecular weight is 495 g/mol. The lowest BCUT2D eigenvalue weighted by Crippen LogP contribution is -2.19. The lowest BCUT2D eigenvalue weighted by molar-refractivity contribution is 0.0950. The molecule has 1 N–H and O–H groups in total. The Hall–Kier alpha value is -3.58. The van der Waals surface area contributed by atoms with Gasteiger partial charge < -0.3 is 14.2 Å². The second kappa shape index (κ2) is 11.7. The van der Waals surface area contributed by atoms with Crippen LogP contribution in [0.4, 0.5) is 0 Å². The van der Waals surface area contributed by atoms with Gasteiger partial charge in [-0.25, -0.2) is 5.43 Å². The molecule has 0 saturated heterocycles. The van der Waals surface area contributed by atoms with Crippen LogP contribution >= 0.6 is 15.9 Å². The van der Waals surface area contributed by atoms with Gasteiger partial charge in [-0.3, -0.25) is 4.79 Å². The van der Waals surface area contributed by atoms with Gasteiger partial charge in [0.1, 0.15) is 19.0 Å². The molecular weight excluding hydrogens is 472 g/mol. The Morgan fingerprint density at radius 2 is 1.81 bits per heavy atom. The van der Waals surface area contributed by atoms with E-state index in [1.54, 1.807) is 37.5 Å². The summed E-state index contributed by atoms with van der Waals surface area (Å²) in [5.41, 5.74) is 4.66. The highest BCUT2D eigenvalue weighted by molar-refractivity contribution is 9.10. The van der Waals surface area contributed by atoms with E-state index in [1.165, 1.54) is 6.21 Å². The van der Waals surface area contributed by atoms with E-state index in [9.17, 15) is 4.79 Å². The van der Waals surface area contributed by atoms with E-state index < -0.39 is 0 Å². The standard InChI is InChI=1S/C25H23BrN2O4/c1-3-13-31-23-11-9-19(14-24(23)30-2)16-27-28-25(29)21-15-20(26)10-12-22(21)32-17-18-7-5-4-6-8-18/h3-12,14-16H,1,13,17H2,2H3,(H,28,29)/b27-16+. The molecule has 0 saturated carbocycles. The third-order valence-corrected chi connectivity index (χ3v) is 4.84. The van der Waals surface area contributed by atoms with Crippen molar-refractivity contribution in [3.05, 3.63) is 101 Å². The van der Waals surface area contributed by atoms with Crippen LogP contribution in [0, 0.1) is 0 Å². The molecule has 0 aliphatic rings. The smallest absolute Gasteiger partial charge is 0.275 e. The SMILES string of the molecule is C=CCOc1ccc(/C=N/NC(=O)c2cc(Br)ccc2OCc2ccccc2)cc1OC. The van der Waals surface area contributed by atoms with Gasteiger partial charge in [0.05, 0.1) is 18.9 Å². The van der Waals surface area contributed by atoms with Crippen LogP contribution in [0.1, 0.15) is 21.5 Å². The molecule has 0 bridgehead atoms. The Balaban J connectivity index is 1.68. The van der Waals surface area contributed by atoms with Crippen molar-refractivity contribution in [3.8, 4) is 17.2 Å². The Morgan fingerprint density at radius 3 is 2.56 bits per heavy atom. The van der Waals surface area contributed by atoms with Gasteiger partial charge in [-0.1, -0.05) is 58.9 Å². The van der Waals surface area contributed by atoms with E-state index in [0.717, 1.165) is 15.6 Å². The molecule has 0 fully saturated rings. The number of rotatable bonds is 10.